The Kier molecular flexibility index (Phi) is 3.98. The Hall–Kier alpha value is -3.56. The highest BCUT2D eigenvalue weighted by atomic mass is 19.1. The molecule has 0 saturated carbocycles. The molecule has 2 aromatic heterocycles. The van der Waals surface area contributed by atoms with Crippen molar-refractivity contribution in [3.05, 3.63) is 53.1 Å². The van der Waals surface area contributed by atoms with Gasteiger partial charge in [0.15, 0.2) is 0 Å². The van der Waals surface area contributed by atoms with Crippen molar-refractivity contribution in [1.29, 1.82) is 0 Å². The molecule has 1 amide bonds. The van der Waals surface area contributed by atoms with Gasteiger partial charge in [-0.25, -0.2) is 24.3 Å². The van der Waals surface area contributed by atoms with Crippen LogP contribution in [0.2, 0.25) is 0 Å². The fourth-order valence-corrected chi connectivity index (χ4v) is 3.32. The van der Waals surface area contributed by atoms with Crippen LogP contribution in [0.5, 0.6) is 5.88 Å². The molecule has 1 aliphatic heterocycles. The van der Waals surface area contributed by atoms with E-state index in [2.05, 4.69) is 25.3 Å². The molecular formula is C18H17FN6O3. The number of fused-ring (bicyclic) bond motifs is 1. The van der Waals surface area contributed by atoms with Crippen molar-refractivity contribution in [3.8, 4) is 5.88 Å². The molecule has 3 heterocycles. The molecule has 0 spiro atoms. The fraction of sp³-hybridized carbons (Fsp3) is 0.278. The molecule has 2 aliphatic rings. The number of anilines is 1. The highest BCUT2D eigenvalue weighted by molar-refractivity contribution is 6.02. The number of hydrogen-bond donors (Lipinski definition) is 2. The molecular weight excluding hydrogens is 367 g/mol. The normalized spacial score (nSPS) is 22.7. The Morgan fingerprint density at radius 2 is 2.14 bits per heavy atom. The maximum Gasteiger partial charge on any atom is 0.288 e. The largest absolute Gasteiger partial charge is 0.480 e. The lowest BCUT2D eigenvalue weighted by Gasteiger charge is -2.29. The minimum absolute atomic E-state index is 0.0465. The van der Waals surface area contributed by atoms with Gasteiger partial charge in [-0.3, -0.25) is 4.79 Å². The molecule has 9 nitrogen and oxygen atoms in total. The molecule has 0 bridgehead atoms. The van der Waals surface area contributed by atoms with Crippen LogP contribution in [0.3, 0.4) is 0 Å². The van der Waals surface area contributed by atoms with Crippen molar-refractivity contribution in [2.45, 2.75) is 19.4 Å². The Labute approximate surface area is 159 Å². The Morgan fingerprint density at radius 1 is 1.36 bits per heavy atom. The van der Waals surface area contributed by atoms with Crippen molar-refractivity contribution in [1.82, 2.24) is 15.0 Å². The summed E-state index contributed by atoms with van der Waals surface area (Å²) in [5, 5.41) is 2.59. The lowest BCUT2D eigenvalue weighted by atomic mass is 9.88. The van der Waals surface area contributed by atoms with Crippen molar-refractivity contribution in [2.24, 2.45) is 16.6 Å². The summed E-state index contributed by atoms with van der Waals surface area (Å²) in [4.78, 5) is 28.9. The molecule has 144 valence electrons. The van der Waals surface area contributed by atoms with E-state index in [1.54, 1.807) is 6.92 Å². The minimum Gasteiger partial charge on any atom is -0.480 e. The van der Waals surface area contributed by atoms with Crippen LogP contribution in [0.1, 0.15) is 30.0 Å². The van der Waals surface area contributed by atoms with Crippen molar-refractivity contribution in [3.63, 3.8) is 0 Å². The molecule has 28 heavy (non-hydrogen) atoms. The number of halogens is 1. The van der Waals surface area contributed by atoms with E-state index in [1.807, 2.05) is 6.92 Å². The Bertz CT molecular complexity index is 1040. The number of carbonyl (C=O) groups is 1. The Morgan fingerprint density at radius 3 is 2.82 bits per heavy atom. The van der Waals surface area contributed by atoms with Crippen molar-refractivity contribution >= 4 is 17.7 Å². The van der Waals surface area contributed by atoms with Gasteiger partial charge in [0, 0.05) is 0 Å². The van der Waals surface area contributed by atoms with Crippen LogP contribution in [0.4, 0.5) is 10.2 Å². The first-order valence-corrected chi connectivity index (χ1v) is 8.41. The first kappa shape index (κ1) is 17.8. The quantitative estimate of drug-likeness (QED) is 0.822. The predicted molar refractivity (Wildman–Crippen MR) is 97.0 cm³/mol. The molecule has 0 fully saturated rings. The summed E-state index contributed by atoms with van der Waals surface area (Å²) < 4.78 is 24.9. The summed E-state index contributed by atoms with van der Waals surface area (Å²) in [6.07, 6.45) is 2.59. The summed E-state index contributed by atoms with van der Waals surface area (Å²) >= 11 is 0. The van der Waals surface area contributed by atoms with Gasteiger partial charge in [-0.2, -0.15) is 0 Å². The number of carbonyl (C=O) groups excluding carboxylic acids is 1. The van der Waals surface area contributed by atoms with E-state index < -0.39 is 17.3 Å². The van der Waals surface area contributed by atoms with Crippen LogP contribution in [0.25, 0.3) is 0 Å². The maximum atomic E-state index is 14.6. The fourth-order valence-electron chi connectivity index (χ4n) is 3.32. The van der Waals surface area contributed by atoms with Gasteiger partial charge in [0.2, 0.25) is 5.88 Å². The van der Waals surface area contributed by atoms with Crippen LogP contribution in [-0.4, -0.2) is 34.0 Å². The number of rotatable bonds is 4. The summed E-state index contributed by atoms with van der Waals surface area (Å²) in [7, 11) is 1.45. The summed E-state index contributed by atoms with van der Waals surface area (Å²) in [5.74, 6) is -0.187. The summed E-state index contributed by atoms with van der Waals surface area (Å²) in [6, 6.07) is 2.54. The second kappa shape index (κ2) is 6.25. The standard InChI is InChI=1S/C18H17FN6O3/c1-8-13-14(8)28-17(20)25-18(13,2)15-9(19)4-5-11(23-15)24-16(26)10-6-22-12(27-3)7-21-10/h4-7,13H,1-3H3,(H2,20,25)(H,23,24,26). The number of nitrogens with one attached hydrogen (secondary N) is 1. The van der Waals surface area contributed by atoms with E-state index in [0.29, 0.717) is 5.76 Å². The number of nitrogens with zero attached hydrogens (tertiary/aromatic N) is 4. The Balaban J connectivity index is 1.62. The van der Waals surface area contributed by atoms with Crippen LogP contribution in [-0.2, 0) is 10.3 Å². The van der Waals surface area contributed by atoms with E-state index in [1.165, 1.54) is 31.6 Å². The molecule has 0 radical (unpaired) electrons. The molecule has 2 unspecified atom stereocenters. The number of amides is 1. The van der Waals surface area contributed by atoms with Crippen LogP contribution < -0.4 is 15.8 Å². The third kappa shape index (κ3) is 2.82. The molecule has 4 rings (SSSR count). The number of methoxy groups -OCH3 is 1. The molecule has 1 aliphatic carbocycles. The van der Waals surface area contributed by atoms with E-state index in [-0.39, 0.29) is 35.0 Å². The first-order chi connectivity index (χ1) is 13.3. The van der Waals surface area contributed by atoms with E-state index in [9.17, 15) is 9.18 Å². The molecule has 10 heteroatoms. The van der Waals surface area contributed by atoms with Gasteiger partial charge in [0.25, 0.3) is 11.9 Å². The van der Waals surface area contributed by atoms with Crippen LogP contribution >= 0.6 is 0 Å². The zero-order valence-electron chi connectivity index (χ0n) is 15.4. The number of hydrogen-bond acceptors (Lipinski definition) is 8. The molecule has 2 atom stereocenters. The number of aliphatic imine (C=N–C) groups is 1. The van der Waals surface area contributed by atoms with E-state index in [4.69, 9.17) is 15.2 Å². The number of ether oxygens (including phenoxy) is 2. The second-order valence-corrected chi connectivity index (χ2v) is 6.60. The van der Waals surface area contributed by atoms with Gasteiger partial charge in [-0.05, 0) is 31.6 Å². The zero-order chi connectivity index (χ0) is 20.1. The second-order valence-electron chi connectivity index (χ2n) is 6.60. The minimum atomic E-state index is -1.05. The third-order valence-corrected chi connectivity index (χ3v) is 4.76. The smallest absolute Gasteiger partial charge is 0.288 e. The van der Waals surface area contributed by atoms with Gasteiger partial charge >= 0.3 is 0 Å². The van der Waals surface area contributed by atoms with Gasteiger partial charge in [0.05, 0.1) is 25.4 Å². The number of nitrogens with two attached hydrogens (primary N) is 1. The molecule has 2 aromatic rings. The molecule has 3 N–H and O–H groups in total. The lowest BCUT2D eigenvalue weighted by molar-refractivity contribution is 0.102. The lowest BCUT2D eigenvalue weighted by Crippen LogP contribution is -2.35. The number of amidine groups is 1. The average Bonchev–Trinajstić information content (AvgIpc) is 3.33. The van der Waals surface area contributed by atoms with E-state index >= 15 is 0 Å². The van der Waals surface area contributed by atoms with Gasteiger partial charge in [-0.1, -0.05) is 0 Å². The van der Waals surface area contributed by atoms with E-state index in [0.717, 1.165) is 5.57 Å². The highest BCUT2D eigenvalue weighted by Crippen LogP contribution is 2.55. The molecule has 0 aromatic carbocycles. The monoisotopic (exact) mass is 384 g/mol. The topological polar surface area (TPSA) is 125 Å². The van der Waals surface area contributed by atoms with Gasteiger partial charge in [0.1, 0.15) is 34.3 Å². The predicted octanol–water partition coefficient (Wildman–Crippen LogP) is 1.74. The van der Waals surface area contributed by atoms with Gasteiger partial charge < -0.3 is 20.5 Å². The van der Waals surface area contributed by atoms with Crippen LogP contribution in [0.15, 0.2) is 40.9 Å². The maximum absolute atomic E-state index is 14.6. The van der Waals surface area contributed by atoms with Gasteiger partial charge in [-0.15, -0.1) is 0 Å². The third-order valence-electron chi connectivity index (χ3n) is 4.76. The SMILES string of the molecule is COc1cnc(C(=O)Nc2ccc(F)c(C3(C)N=C(N)OC4=C(C)C43)n2)cn1. The summed E-state index contributed by atoms with van der Waals surface area (Å²) in [5.41, 5.74) is 5.77. The van der Waals surface area contributed by atoms with Crippen LogP contribution in [0, 0.1) is 11.7 Å². The van der Waals surface area contributed by atoms with Crippen molar-refractivity contribution in [2.75, 3.05) is 12.4 Å². The molecule has 0 saturated heterocycles. The number of pyridine rings is 1. The average molecular weight is 384 g/mol. The van der Waals surface area contributed by atoms with Crippen molar-refractivity contribution < 1.29 is 18.7 Å². The number of aromatic nitrogens is 3. The first-order valence-electron chi connectivity index (χ1n) is 8.41. The zero-order valence-corrected chi connectivity index (χ0v) is 15.4. The summed E-state index contributed by atoms with van der Waals surface area (Å²) in [6.45, 7) is 3.60. The highest BCUT2D eigenvalue weighted by Gasteiger charge is 2.55.